The van der Waals surface area contributed by atoms with Gasteiger partial charge in [-0.15, -0.1) is 0 Å². The number of hydrogen-bond donors (Lipinski definition) is 1. The first-order valence-corrected chi connectivity index (χ1v) is 8.40. The number of likely N-dealkylation sites (tertiary alicyclic amines) is 1. The summed E-state index contributed by atoms with van der Waals surface area (Å²) in [4.78, 5) is 5.15. The SMILES string of the molecule is Cc1ccc(C(CN)N2CCC3CCC(C2)N3C)cc1Cl. The first kappa shape index (κ1) is 15.3. The molecule has 0 aliphatic carbocycles. The Morgan fingerprint density at radius 1 is 1.29 bits per heavy atom. The number of nitrogens with two attached hydrogens (primary N) is 1. The fourth-order valence-corrected chi connectivity index (χ4v) is 4.12. The lowest BCUT2D eigenvalue weighted by molar-refractivity contribution is 0.175. The zero-order chi connectivity index (χ0) is 15.0. The molecular weight excluding hydrogens is 282 g/mol. The molecule has 2 N–H and O–H groups in total. The largest absolute Gasteiger partial charge is 0.329 e. The van der Waals surface area contributed by atoms with E-state index in [-0.39, 0.29) is 6.04 Å². The van der Waals surface area contributed by atoms with Crippen LogP contribution in [0.15, 0.2) is 18.2 Å². The van der Waals surface area contributed by atoms with Crippen LogP contribution in [0.1, 0.15) is 36.4 Å². The zero-order valence-electron chi connectivity index (χ0n) is 13.1. The molecule has 2 saturated heterocycles. The Labute approximate surface area is 133 Å². The van der Waals surface area contributed by atoms with Gasteiger partial charge in [-0.2, -0.15) is 0 Å². The van der Waals surface area contributed by atoms with Crippen molar-refractivity contribution in [2.45, 2.75) is 44.3 Å². The standard InChI is InChI=1S/C17H26ClN3/c1-12-3-4-13(9-16(12)18)17(10-19)21-8-7-14-5-6-15(11-21)20(14)2/h3-4,9,14-15,17H,5-8,10-11,19H2,1-2H3. The number of halogens is 1. The van der Waals surface area contributed by atoms with Crippen LogP contribution in [-0.2, 0) is 0 Å². The number of rotatable bonds is 3. The average molecular weight is 308 g/mol. The highest BCUT2D eigenvalue weighted by Gasteiger charge is 2.36. The molecule has 2 aliphatic rings. The van der Waals surface area contributed by atoms with Crippen LogP contribution >= 0.6 is 11.6 Å². The summed E-state index contributed by atoms with van der Waals surface area (Å²) in [5.41, 5.74) is 8.50. The molecule has 1 aromatic rings. The highest BCUT2D eigenvalue weighted by atomic mass is 35.5. The average Bonchev–Trinajstić information content (AvgIpc) is 2.70. The Balaban J connectivity index is 1.81. The second-order valence-electron chi connectivity index (χ2n) is 6.59. The van der Waals surface area contributed by atoms with Crippen LogP contribution in [0.2, 0.25) is 5.02 Å². The number of benzene rings is 1. The summed E-state index contributed by atoms with van der Waals surface area (Å²) in [5, 5.41) is 0.847. The minimum Gasteiger partial charge on any atom is -0.329 e. The molecule has 3 unspecified atom stereocenters. The van der Waals surface area contributed by atoms with Crippen LogP contribution in [0, 0.1) is 6.92 Å². The van der Waals surface area contributed by atoms with Gasteiger partial charge in [-0.3, -0.25) is 9.80 Å². The highest BCUT2D eigenvalue weighted by Crippen LogP contribution is 2.33. The molecular formula is C17H26ClN3. The van der Waals surface area contributed by atoms with Gasteiger partial charge in [0.15, 0.2) is 0 Å². The van der Waals surface area contributed by atoms with Gasteiger partial charge in [0.1, 0.15) is 0 Å². The maximum Gasteiger partial charge on any atom is 0.0471 e. The van der Waals surface area contributed by atoms with E-state index in [4.69, 9.17) is 17.3 Å². The summed E-state index contributed by atoms with van der Waals surface area (Å²) in [6.07, 6.45) is 3.94. The molecule has 0 aromatic heterocycles. The molecule has 21 heavy (non-hydrogen) atoms. The summed E-state index contributed by atoms with van der Waals surface area (Å²) in [6.45, 7) is 4.96. The second-order valence-corrected chi connectivity index (χ2v) is 7.00. The molecule has 1 aromatic carbocycles. The van der Waals surface area contributed by atoms with Crippen molar-refractivity contribution in [1.29, 1.82) is 0 Å². The predicted octanol–water partition coefficient (Wildman–Crippen LogP) is 2.82. The molecule has 2 heterocycles. The molecule has 3 atom stereocenters. The van der Waals surface area contributed by atoms with E-state index in [1.165, 1.54) is 24.8 Å². The Kier molecular flexibility index (Phi) is 4.55. The monoisotopic (exact) mass is 307 g/mol. The fourth-order valence-electron chi connectivity index (χ4n) is 3.93. The predicted molar refractivity (Wildman–Crippen MR) is 88.7 cm³/mol. The third-order valence-corrected chi connectivity index (χ3v) is 5.83. The maximum absolute atomic E-state index is 6.30. The Hall–Kier alpha value is -0.610. The van der Waals surface area contributed by atoms with Crippen LogP contribution in [0.4, 0.5) is 0 Å². The van der Waals surface area contributed by atoms with Crippen LogP contribution in [0.25, 0.3) is 0 Å². The van der Waals surface area contributed by atoms with Crippen LogP contribution < -0.4 is 5.73 Å². The summed E-state index contributed by atoms with van der Waals surface area (Å²) < 4.78 is 0. The normalized spacial score (nSPS) is 28.6. The van der Waals surface area contributed by atoms with E-state index in [1.54, 1.807) is 0 Å². The van der Waals surface area contributed by atoms with Crippen molar-refractivity contribution < 1.29 is 0 Å². The van der Waals surface area contributed by atoms with Gasteiger partial charge < -0.3 is 5.73 Å². The lowest BCUT2D eigenvalue weighted by Gasteiger charge is -2.33. The van der Waals surface area contributed by atoms with E-state index in [0.29, 0.717) is 12.6 Å². The van der Waals surface area contributed by atoms with Crippen molar-refractivity contribution in [2.24, 2.45) is 5.73 Å². The van der Waals surface area contributed by atoms with Crippen LogP contribution in [0.5, 0.6) is 0 Å². The van der Waals surface area contributed by atoms with E-state index >= 15 is 0 Å². The maximum atomic E-state index is 6.30. The third-order valence-electron chi connectivity index (χ3n) is 5.42. The van der Waals surface area contributed by atoms with Crippen molar-refractivity contribution in [2.75, 3.05) is 26.7 Å². The second kappa shape index (κ2) is 6.25. The molecule has 0 saturated carbocycles. The lowest BCUT2D eigenvalue weighted by atomic mass is 10.0. The third kappa shape index (κ3) is 2.98. The molecule has 2 aliphatic heterocycles. The first-order valence-electron chi connectivity index (χ1n) is 8.02. The van der Waals surface area contributed by atoms with Crippen molar-refractivity contribution in [3.63, 3.8) is 0 Å². The zero-order valence-corrected chi connectivity index (χ0v) is 13.8. The summed E-state index contributed by atoms with van der Waals surface area (Å²) in [6, 6.07) is 8.13. The Bertz CT molecular complexity index is 505. The smallest absolute Gasteiger partial charge is 0.0471 e. The Morgan fingerprint density at radius 2 is 2.05 bits per heavy atom. The van der Waals surface area contributed by atoms with Crippen molar-refractivity contribution in [1.82, 2.24) is 9.80 Å². The topological polar surface area (TPSA) is 32.5 Å². The number of hydrogen-bond acceptors (Lipinski definition) is 3. The van der Waals surface area contributed by atoms with E-state index in [0.717, 1.165) is 29.7 Å². The van der Waals surface area contributed by atoms with Crippen LogP contribution in [-0.4, -0.2) is 48.6 Å². The molecule has 3 rings (SSSR count). The van der Waals surface area contributed by atoms with Gasteiger partial charge in [-0.05, 0) is 50.4 Å². The number of nitrogens with zero attached hydrogens (tertiary/aromatic N) is 2. The summed E-state index contributed by atoms with van der Waals surface area (Å²) in [7, 11) is 2.28. The lowest BCUT2D eigenvalue weighted by Crippen LogP contribution is -2.40. The fraction of sp³-hybridized carbons (Fsp3) is 0.647. The van der Waals surface area contributed by atoms with Gasteiger partial charge in [0.25, 0.3) is 0 Å². The van der Waals surface area contributed by atoms with E-state index in [9.17, 15) is 0 Å². The molecule has 0 amide bonds. The van der Waals surface area contributed by atoms with Gasteiger partial charge in [-0.25, -0.2) is 0 Å². The van der Waals surface area contributed by atoms with Gasteiger partial charge in [0, 0.05) is 42.8 Å². The van der Waals surface area contributed by atoms with Gasteiger partial charge >= 0.3 is 0 Å². The molecule has 3 nitrogen and oxygen atoms in total. The molecule has 0 spiro atoms. The molecule has 4 heteroatoms. The van der Waals surface area contributed by atoms with Crippen molar-refractivity contribution in [3.8, 4) is 0 Å². The minimum atomic E-state index is 0.288. The van der Waals surface area contributed by atoms with Crippen molar-refractivity contribution >= 4 is 11.6 Å². The number of fused-ring (bicyclic) bond motifs is 2. The van der Waals surface area contributed by atoms with Gasteiger partial charge in [0.2, 0.25) is 0 Å². The molecule has 2 fully saturated rings. The molecule has 0 radical (unpaired) electrons. The summed E-state index contributed by atoms with van der Waals surface area (Å²) >= 11 is 6.30. The van der Waals surface area contributed by atoms with E-state index in [1.807, 2.05) is 6.92 Å². The van der Waals surface area contributed by atoms with Gasteiger partial charge in [-0.1, -0.05) is 23.7 Å². The molecule has 116 valence electrons. The van der Waals surface area contributed by atoms with Gasteiger partial charge in [0.05, 0.1) is 0 Å². The first-order chi connectivity index (χ1) is 10.1. The van der Waals surface area contributed by atoms with E-state index in [2.05, 4.69) is 35.0 Å². The number of likely N-dealkylation sites (N-methyl/N-ethyl adjacent to an activating group) is 1. The number of aryl methyl sites for hydroxylation is 1. The van der Waals surface area contributed by atoms with Crippen molar-refractivity contribution in [3.05, 3.63) is 34.3 Å². The highest BCUT2D eigenvalue weighted by molar-refractivity contribution is 6.31. The quantitative estimate of drug-likeness (QED) is 0.932. The van der Waals surface area contributed by atoms with E-state index < -0.39 is 0 Å². The Morgan fingerprint density at radius 3 is 2.76 bits per heavy atom. The summed E-state index contributed by atoms with van der Waals surface area (Å²) in [5.74, 6) is 0. The molecule has 2 bridgehead atoms. The minimum absolute atomic E-state index is 0.288. The van der Waals surface area contributed by atoms with Crippen LogP contribution in [0.3, 0.4) is 0 Å².